The first-order valence-electron chi connectivity index (χ1n) is 8.81. The Morgan fingerprint density at radius 3 is 1.86 bits per heavy atom. The van der Waals surface area contributed by atoms with E-state index in [0.717, 1.165) is 22.4 Å². The van der Waals surface area contributed by atoms with Crippen LogP contribution in [0.4, 0.5) is 0 Å². The molecule has 0 fully saturated rings. The fourth-order valence-electron chi connectivity index (χ4n) is 2.48. The van der Waals surface area contributed by atoms with Crippen LogP contribution in [0.15, 0.2) is 48.6 Å². The van der Waals surface area contributed by atoms with Gasteiger partial charge in [-0.3, -0.25) is 4.79 Å². The molecule has 2 aromatic rings. The minimum atomic E-state index is -3.56. The van der Waals surface area contributed by atoms with Crippen molar-refractivity contribution in [1.29, 1.82) is 0 Å². The largest absolute Gasteiger partial charge is 0.496 e. The highest BCUT2D eigenvalue weighted by Gasteiger charge is 2.11. The average molecular weight is 400 g/mol. The van der Waals surface area contributed by atoms with Gasteiger partial charge in [0.2, 0.25) is 0 Å². The van der Waals surface area contributed by atoms with Gasteiger partial charge in [-0.15, -0.1) is 0 Å². The predicted octanol–water partition coefficient (Wildman–Crippen LogP) is 4.34. The van der Waals surface area contributed by atoms with Crippen LogP contribution in [0.2, 0.25) is 0 Å². The summed E-state index contributed by atoms with van der Waals surface area (Å²) >= 11 is 0. The maximum Gasteiger partial charge on any atom is 0.308 e. The molecular formula is C22H24O5S. The van der Waals surface area contributed by atoms with Gasteiger partial charge in [0.1, 0.15) is 11.5 Å². The fourth-order valence-corrected chi connectivity index (χ4v) is 3.06. The first-order chi connectivity index (χ1) is 13.2. The molecule has 0 aliphatic carbocycles. The summed E-state index contributed by atoms with van der Waals surface area (Å²) in [6.45, 7) is 5.22. The first kappa shape index (κ1) is 21.4. The van der Waals surface area contributed by atoms with Gasteiger partial charge in [-0.2, -0.15) is 8.42 Å². The second-order valence-electron chi connectivity index (χ2n) is 6.25. The number of rotatable bonds is 8. The van der Waals surface area contributed by atoms with Crippen molar-refractivity contribution in [3.63, 3.8) is 0 Å². The third-order valence-corrected chi connectivity index (χ3v) is 5.21. The maximum atomic E-state index is 12.1. The van der Waals surface area contributed by atoms with E-state index in [1.807, 2.05) is 25.1 Å². The monoisotopic (exact) mass is 400 g/mol. The van der Waals surface area contributed by atoms with Crippen molar-refractivity contribution in [2.45, 2.75) is 20.8 Å². The molecule has 0 aliphatic heterocycles. The van der Waals surface area contributed by atoms with E-state index in [1.165, 1.54) is 19.1 Å². The molecule has 0 aromatic heterocycles. The number of ketones is 1. The van der Waals surface area contributed by atoms with Gasteiger partial charge in [0.15, 0.2) is 5.78 Å². The number of benzene rings is 2. The number of hydrogen-bond donors (Lipinski definition) is 0. The zero-order valence-electron chi connectivity index (χ0n) is 16.4. The molecule has 0 atom stereocenters. The Labute approximate surface area is 166 Å². The van der Waals surface area contributed by atoms with E-state index in [-0.39, 0.29) is 11.5 Å². The zero-order chi connectivity index (χ0) is 20.7. The number of hydrogen-bond acceptors (Lipinski definition) is 5. The van der Waals surface area contributed by atoms with Crippen LogP contribution in [-0.2, 0) is 14.9 Å². The van der Waals surface area contributed by atoms with Crippen LogP contribution < -0.4 is 8.92 Å². The summed E-state index contributed by atoms with van der Waals surface area (Å²) in [5.41, 5.74) is 3.36. The van der Waals surface area contributed by atoms with Crippen molar-refractivity contribution in [2.75, 3.05) is 12.9 Å². The number of ether oxygens (including phenoxy) is 1. The molecule has 0 spiro atoms. The number of carbonyl (C=O) groups excluding carboxylic acids is 1. The molecule has 0 saturated heterocycles. The van der Waals surface area contributed by atoms with Crippen LogP contribution in [0.25, 0.3) is 12.2 Å². The molecule has 0 radical (unpaired) electrons. The molecule has 148 valence electrons. The lowest BCUT2D eigenvalue weighted by Gasteiger charge is -2.08. The lowest BCUT2D eigenvalue weighted by molar-refractivity contribution is -0.110. The Kier molecular flexibility index (Phi) is 7.18. The Bertz CT molecular complexity index is 1020. The minimum absolute atomic E-state index is 0.0946. The molecule has 6 heteroatoms. The molecule has 0 heterocycles. The predicted molar refractivity (Wildman–Crippen MR) is 112 cm³/mol. The molecule has 28 heavy (non-hydrogen) atoms. The zero-order valence-corrected chi connectivity index (χ0v) is 17.2. The summed E-state index contributed by atoms with van der Waals surface area (Å²) in [5.74, 6) is 0.848. The van der Waals surface area contributed by atoms with Gasteiger partial charge in [-0.1, -0.05) is 24.3 Å². The molecule has 2 aromatic carbocycles. The molecule has 2 rings (SSSR count). The van der Waals surface area contributed by atoms with Crippen LogP contribution in [0.5, 0.6) is 11.5 Å². The average Bonchev–Trinajstić information content (AvgIpc) is 2.66. The highest BCUT2D eigenvalue weighted by molar-refractivity contribution is 7.87. The summed E-state index contributed by atoms with van der Waals surface area (Å²) < 4.78 is 33.4. The Morgan fingerprint density at radius 2 is 1.43 bits per heavy atom. The number of allylic oxidation sites excluding steroid dienone is 2. The summed E-state index contributed by atoms with van der Waals surface area (Å²) in [6.07, 6.45) is 6.38. The lowest BCUT2D eigenvalue weighted by atomic mass is 10.1. The van der Waals surface area contributed by atoms with Crippen LogP contribution in [0.1, 0.15) is 29.2 Å². The molecular weight excluding hydrogens is 376 g/mol. The van der Waals surface area contributed by atoms with E-state index in [4.69, 9.17) is 8.92 Å². The molecule has 5 nitrogen and oxygen atoms in total. The Morgan fingerprint density at radius 1 is 0.929 bits per heavy atom. The normalized spacial score (nSPS) is 11.9. The molecule has 0 bridgehead atoms. The maximum absolute atomic E-state index is 12.1. The highest BCUT2D eigenvalue weighted by Crippen LogP contribution is 2.22. The van der Waals surface area contributed by atoms with Crippen molar-refractivity contribution in [2.24, 2.45) is 0 Å². The van der Waals surface area contributed by atoms with Crippen LogP contribution in [0.3, 0.4) is 0 Å². The standard InChI is InChI=1S/C22H24O5S/c1-5-28(24,25)27-22-13-9-19(15-17(22)3)7-11-20(23)10-6-18-8-12-21(26-4)16(2)14-18/h6-15H,5H2,1-4H3/b10-6+,11-7+. The first-order valence-corrected chi connectivity index (χ1v) is 10.4. The van der Waals surface area contributed by atoms with Crippen molar-refractivity contribution < 1.29 is 22.1 Å². The van der Waals surface area contributed by atoms with Crippen molar-refractivity contribution in [3.05, 3.63) is 70.8 Å². The van der Waals surface area contributed by atoms with Crippen LogP contribution in [0, 0.1) is 13.8 Å². The van der Waals surface area contributed by atoms with Gasteiger partial charge >= 0.3 is 10.1 Å². The smallest absolute Gasteiger partial charge is 0.308 e. The van der Waals surface area contributed by atoms with Gasteiger partial charge < -0.3 is 8.92 Å². The third kappa shape index (κ3) is 6.09. The summed E-state index contributed by atoms with van der Waals surface area (Å²) in [5, 5.41) is 0. The second kappa shape index (κ2) is 9.37. The minimum Gasteiger partial charge on any atom is -0.496 e. The fraction of sp³-hybridized carbons (Fsp3) is 0.227. The molecule has 0 N–H and O–H groups in total. The Balaban J connectivity index is 2.05. The summed E-state index contributed by atoms with van der Waals surface area (Å²) in [6, 6.07) is 10.7. The van der Waals surface area contributed by atoms with Gasteiger partial charge in [0, 0.05) is 0 Å². The molecule has 0 amide bonds. The van der Waals surface area contributed by atoms with Crippen molar-refractivity contribution in [1.82, 2.24) is 0 Å². The quantitative estimate of drug-likeness (QED) is 0.487. The van der Waals surface area contributed by atoms with Crippen LogP contribution >= 0.6 is 0 Å². The van der Waals surface area contributed by atoms with Gasteiger partial charge in [0.25, 0.3) is 0 Å². The number of aryl methyl sites for hydroxylation is 2. The topological polar surface area (TPSA) is 69.7 Å². The molecule has 0 aliphatic rings. The van der Waals surface area contributed by atoms with E-state index >= 15 is 0 Å². The van der Waals surface area contributed by atoms with E-state index in [0.29, 0.717) is 11.3 Å². The molecule has 0 saturated carbocycles. The highest BCUT2D eigenvalue weighted by atomic mass is 32.2. The second-order valence-corrected chi connectivity index (χ2v) is 8.11. The van der Waals surface area contributed by atoms with E-state index in [9.17, 15) is 13.2 Å². The summed E-state index contributed by atoms with van der Waals surface area (Å²) in [7, 11) is -1.94. The van der Waals surface area contributed by atoms with E-state index in [2.05, 4.69) is 0 Å². The van der Waals surface area contributed by atoms with Gasteiger partial charge in [0.05, 0.1) is 12.9 Å². The number of methoxy groups -OCH3 is 1. The lowest BCUT2D eigenvalue weighted by Crippen LogP contribution is -2.12. The van der Waals surface area contributed by atoms with Gasteiger partial charge in [-0.05, 0) is 79.4 Å². The SMILES string of the molecule is CCS(=O)(=O)Oc1ccc(/C=C/C(=O)/C=C/c2ccc(OC)c(C)c2)cc1C. The van der Waals surface area contributed by atoms with Gasteiger partial charge in [-0.25, -0.2) is 0 Å². The summed E-state index contributed by atoms with van der Waals surface area (Å²) in [4.78, 5) is 12.1. The third-order valence-electron chi connectivity index (χ3n) is 4.07. The van der Waals surface area contributed by atoms with Crippen molar-refractivity contribution >= 4 is 28.1 Å². The Hall–Kier alpha value is -2.86. The van der Waals surface area contributed by atoms with Crippen LogP contribution in [-0.4, -0.2) is 27.1 Å². The number of carbonyl (C=O) groups is 1. The van der Waals surface area contributed by atoms with E-state index < -0.39 is 10.1 Å². The van der Waals surface area contributed by atoms with Crippen molar-refractivity contribution in [3.8, 4) is 11.5 Å². The van der Waals surface area contributed by atoms with E-state index in [1.54, 1.807) is 44.4 Å². The molecule has 0 unspecified atom stereocenters.